The highest BCUT2D eigenvalue weighted by Crippen LogP contribution is 2.30. The predicted molar refractivity (Wildman–Crippen MR) is 159 cm³/mol. The monoisotopic (exact) mass is 619 g/mol. The minimum absolute atomic E-state index is 0.0455. The summed E-state index contributed by atoms with van der Waals surface area (Å²) < 4.78 is 22.6. The number of rotatable bonds is 6. The Morgan fingerprint density at radius 3 is 2.54 bits per heavy atom. The molecule has 3 heterocycles. The molecule has 10 nitrogen and oxygen atoms in total. The van der Waals surface area contributed by atoms with Crippen LogP contribution in [0.5, 0.6) is 11.5 Å². The second-order valence-electron chi connectivity index (χ2n) is 10.4. The normalized spacial score (nSPS) is 11.5. The van der Waals surface area contributed by atoms with Crippen LogP contribution in [0.1, 0.15) is 37.7 Å². The van der Waals surface area contributed by atoms with Crippen molar-refractivity contribution in [2.75, 3.05) is 10.6 Å². The molecule has 0 saturated carbocycles. The number of carbonyl (C=O) groups is 1. The number of H-pyrrole nitrogens is 1. The Morgan fingerprint density at radius 1 is 1.10 bits per heavy atom. The van der Waals surface area contributed by atoms with Gasteiger partial charge < -0.3 is 15.0 Å². The number of urea groups is 1. The van der Waals surface area contributed by atoms with E-state index in [2.05, 4.69) is 41.5 Å². The first-order chi connectivity index (χ1) is 19.5. The van der Waals surface area contributed by atoms with Gasteiger partial charge in [0.1, 0.15) is 28.6 Å². The van der Waals surface area contributed by atoms with Gasteiger partial charge in [-0.2, -0.15) is 5.10 Å². The smallest absolute Gasteiger partial charge is 0.324 e. The minimum Gasteiger partial charge on any atom is -0.455 e. The summed E-state index contributed by atoms with van der Waals surface area (Å²) in [5.74, 6) is 0.183. The van der Waals surface area contributed by atoms with Crippen LogP contribution in [0.3, 0.4) is 0 Å². The number of halogens is 2. The fourth-order valence-electron chi connectivity index (χ4n) is 3.95. The fraction of sp³-hybridized carbons (Fsp3) is 0.207. The van der Waals surface area contributed by atoms with E-state index in [0.717, 1.165) is 23.0 Å². The van der Waals surface area contributed by atoms with Crippen LogP contribution in [0.25, 0.3) is 16.9 Å². The van der Waals surface area contributed by atoms with Gasteiger partial charge in [0.15, 0.2) is 11.4 Å². The first-order valence-corrected chi connectivity index (χ1v) is 13.8. The van der Waals surface area contributed by atoms with Crippen LogP contribution in [-0.4, -0.2) is 30.8 Å². The van der Waals surface area contributed by atoms with Crippen molar-refractivity contribution in [3.63, 3.8) is 0 Å². The lowest BCUT2D eigenvalue weighted by Gasteiger charge is -2.14. The van der Waals surface area contributed by atoms with E-state index in [1.165, 1.54) is 18.3 Å². The van der Waals surface area contributed by atoms with E-state index >= 15 is 4.39 Å². The molecule has 0 aliphatic rings. The van der Waals surface area contributed by atoms with Gasteiger partial charge in [-0.3, -0.25) is 10.1 Å². The number of ether oxygens (including phenoxy) is 1. The number of nitrogens with one attached hydrogen (secondary N) is 3. The molecule has 2 amide bonds. The van der Waals surface area contributed by atoms with E-state index in [1.54, 1.807) is 16.8 Å². The molecule has 0 saturated heterocycles. The van der Waals surface area contributed by atoms with Crippen LogP contribution >= 0.6 is 15.9 Å². The Morgan fingerprint density at radius 2 is 1.85 bits per heavy atom. The van der Waals surface area contributed by atoms with Crippen LogP contribution in [0.2, 0.25) is 0 Å². The topological polar surface area (TPSA) is 127 Å². The number of fused-ring (bicyclic) bond motifs is 1. The number of benzene rings is 2. The molecule has 3 N–H and O–H groups in total. The van der Waals surface area contributed by atoms with Gasteiger partial charge in [0.25, 0.3) is 5.56 Å². The zero-order valence-corrected chi connectivity index (χ0v) is 24.3. The number of aromatic amines is 1. The second kappa shape index (κ2) is 11.1. The van der Waals surface area contributed by atoms with Gasteiger partial charge in [-0.25, -0.2) is 23.8 Å². The predicted octanol–water partition coefficient (Wildman–Crippen LogP) is 6.58. The quantitative estimate of drug-likeness (QED) is 0.184. The van der Waals surface area contributed by atoms with E-state index in [-0.39, 0.29) is 44.8 Å². The van der Waals surface area contributed by atoms with Crippen molar-refractivity contribution in [2.24, 2.45) is 0 Å². The Balaban J connectivity index is 1.35. The maximum Gasteiger partial charge on any atom is 0.324 e. The summed E-state index contributed by atoms with van der Waals surface area (Å²) in [6.07, 6.45) is 1.45. The summed E-state index contributed by atoms with van der Waals surface area (Å²) in [6, 6.07) is 14.5. The summed E-state index contributed by atoms with van der Waals surface area (Å²) in [6.45, 7) is 8.08. The molecule has 2 aromatic carbocycles. The van der Waals surface area contributed by atoms with Crippen LogP contribution in [0, 0.1) is 12.7 Å². The van der Waals surface area contributed by atoms with E-state index in [4.69, 9.17) is 9.84 Å². The number of hydrogen-bond acceptors (Lipinski definition) is 6. The first kappa shape index (κ1) is 28.0. The molecular weight excluding hydrogens is 593 g/mol. The fourth-order valence-corrected chi connectivity index (χ4v) is 4.33. The Bertz CT molecular complexity index is 1810. The van der Waals surface area contributed by atoms with Crippen molar-refractivity contribution < 1.29 is 13.9 Å². The van der Waals surface area contributed by atoms with Crippen LogP contribution in [0.15, 0.2) is 65.6 Å². The highest BCUT2D eigenvalue weighted by molar-refractivity contribution is 9.08. The molecule has 12 heteroatoms. The molecule has 0 radical (unpaired) electrons. The van der Waals surface area contributed by atoms with Crippen LogP contribution in [-0.2, 0) is 10.7 Å². The Hall–Kier alpha value is -4.58. The standard InChI is InChI=1S/C29H27BrFN7O3/c1-16-5-7-17(8-6-16)38-24(14-23(37-38)29(2,3)4)35-28(40)34-20-10-9-18(13-19(20)31)41-22-11-12-32-26-25(22)33-21(15-30)27(39)36-26/h5-14H,15H2,1-4H3,(H,32,36,39)(H2,34,35,40). The summed E-state index contributed by atoms with van der Waals surface area (Å²) in [5, 5.41) is 10.3. The van der Waals surface area contributed by atoms with Crippen molar-refractivity contribution in [1.29, 1.82) is 0 Å². The van der Waals surface area contributed by atoms with Crippen LogP contribution < -0.4 is 20.9 Å². The second-order valence-corrected chi connectivity index (χ2v) is 10.9. The average Bonchev–Trinajstić information content (AvgIpc) is 3.34. The minimum atomic E-state index is -0.707. The van der Waals surface area contributed by atoms with Gasteiger partial charge in [-0.05, 0) is 31.2 Å². The number of hydrogen-bond donors (Lipinski definition) is 3. The van der Waals surface area contributed by atoms with Crippen molar-refractivity contribution >= 4 is 44.6 Å². The molecule has 41 heavy (non-hydrogen) atoms. The largest absolute Gasteiger partial charge is 0.455 e. The third-order valence-corrected chi connectivity index (χ3v) is 6.70. The molecule has 5 aromatic rings. The zero-order valence-electron chi connectivity index (χ0n) is 22.8. The highest BCUT2D eigenvalue weighted by Gasteiger charge is 2.22. The van der Waals surface area contributed by atoms with E-state index < -0.39 is 11.8 Å². The van der Waals surface area contributed by atoms with Crippen molar-refractivity contribution in [1.82, 2.24) is 24.7 Å². The van der Waals surface area contributed by atoms with Gasteiger partial charge in [-0.1, -0.05) is 54.4 Å². The summed E-state index contributed by atoms with van der Waals surface area (Å²) in [4.78, 5) is 36.1. The highest BCUT2D eigenvalue weighted by atomic mass is 79.9. The number of alkyl halides is 1. The van der Waals surface area contributed by atoms with Gasteiger partial charge in [0, 0.05) is 29.8 Å². The van der Waals surface area contributed by atoms with Gasteiger partial charge in [0.2, 0.25) is 0 Å². The zero-order chi connectivity index (χ0) is 29.3. The molecule has 0 unspecified atom stereocenters. The first-order valence-electron chi connectivity index (χ1n) is 12.7. The number of nitrogens with zero attached hydrogens (tertiary/aromatic N) is 4. The van der Waals surface area contributed by atoms with E-state index in [9.17, 15) is 9.59 Å². The number of pyridine rings is 1. The van der Waals surface area contributed by atoms with Crippen molar-refractivity contribution in [3.05, 3.63) is 93.9 Å². The molecule has 0 fully saturated rings. The van der Waals surface area contributed by atoms with Gasteiger partial charge >= 0.3 is 6.03 Å². The maximum absolute atomic E-state index is 15.1. The summed E-state index contributed by atoms with van der Waals surface area (Å²) >= 11 is 3.23. The van der Waals surface area contributed by atoms with Crippen LogP contribution in [0.4, 0.5) is 20.7 Å². The lowest BCUT2D eigenvalue weighted by molar-refractivity contribution is 0.262. The third kappa shape index (κ3) is 6.12. The third-order valence-electron chi connectivity index (χ3n) is 6.17. The average molecular weight is 620 g/mol. The maximum atomic E-state index is 15.1. The number of anilines is 2. The Kier molecular flexibility index (Phi) is 7.59. The number of amides is 2. The van der Waals surface area contributed by atoms with E-state index in [0.29, 0.717) is 11.3 Å². The summed E-state index contributed by atoms with van der Waals surface area (Å²) in [7, 11) is 0. The molecule has 0 atom stereocenters. The molecular formula is C29H27BrFN7O3. The molecule has 0 bridgehead atoms. The number of carbonyl (C=O) groups excluding carboxylic acids is 1. The molecule has 0 aliphatic carbocycles. The van der Waals surface area contributed by atoms with Crippen molar-refractivity contribution in [2.45, 2.75) is 38.4 Å². The molecule has 3 aromatic heterocycles. The lowest BCUT2D eigenvalue weighted by Crippen LogP contribution is -2.22. The van der Waals surface area contributed by atoms with E-state index in [1.807, 2.05) is 52.0 Å². The number of aryl methyl sites for hydroxylation is 1. The molecule has 5 rings (SSSR count). The molecule has 0 spiro atoms. The SMILES string of the molecule is Cc1ccc(-n2nc(C(C)(C)C)cc2NC(=O)Nc2ccc(Oc3ccnc4[nH]c(=O)c(CBr)nc34)cc2F)cc1. The lowest BCUT2D eigenvalue weighted by atomic mass is 9.92. The van der Waals surface area contributed by atoms with Crippen molar-refractivity contribution in [3.8, 4) is 17.2 Å². The molecule has 0 aliphatic heterocycles. The summed E-state index contributed by atoms with van der Waals surface area (Å²) in [5.41, 5.74) is 2.81. The Labute approximate surface area is 243 Å². The van der Waals surface area contributed by atoms with Gasteiger partial charge in [0.05, 0.1) is 22.4 Å². The molecule has 210 valence electrons. The number of aromatic nitrogens is 5. The van der Waals surface area contributed by atoms with Gasteiger partial charge in [-0.15, -0.1) is 0 Å².